The van der Waals surface area contributed by atoms with Gasteiger partial charge in [0.25, 0.3) is 0 Å². The minimum atomic E-state index is 0.365. The predicted octanol–water partition coefficient (Wildman–Crippen LogP) is 2.66. The first-order chi connectivity index (χ1) is 7.00. The van der Waals surface area contributed by atoms with E-state index < -0.39 is 0 Å². The molecule has 0 spiro atoms. The van der Waals surface area contributed by atoms with Gasteiger partial charge in [0.15, 0.2) is 0 Å². The maximum atomic E-state index is 6.09. The quantitative estimate of drug-likeness (QED) is 0.774. The van der Waals surface area contributed by atoms with Crippen molar-refractivity contribution in [3.05, 3.63) is 29.1 Å². The third kappa shape index (κ3) is 1.48. The number of rotatable bonds is 1. The lowest BCUT2D eigenvalue weighted by atomic mass is 10.1. The van der Waals surface area contributed by atoms with E-state index in [2.05, 4.69) is 44.8 Å². The molecular weight excluding hydrogens is 186 g/mol. The molecule has 0 aliphatic rings. The molecule has 0 aliphatic heterocycles. The van der Waals surface area contributed by atoms with Crippen molar-refractivity contribution in [1.82, 2.24) is 9.38 Å². The molecule has 0 saturated heterocycles. The van der Waals surface area contributed by atoms with Crippen molar-refractivity contribution in [3.63, 3.8) is 0 Å². The van der Waals surface area contributed by atoms with Crippen molar-refractivity contribution < 1.29 is 0 Å². The molecule has 2 aromatic rings. The minimum Gasteiger partial charge on any atom is -0.383 e. The third-order valence-electron chi connectivity index (χ3n) is 2.66. The number of nitrogens with zero attached hydrogens (tertiary/aromatic N) is 2. The summed E-state index contributed by atoms with van der Waals surface area (Å²) in [6, 6.07) is 4.18. The van der Waals surface area contributed by atoms with Gasteiger partial charge in [-0.25, -0.2) is 4.98 Å². The van der Waals surface area contributed by atoms with E-state index in [4.69, 9.17) is 5.73 Å². The maximum absolute atomic E-state index is 6.09. The number of pyridine rings is 1. The molecule has 0 aromatic carbocycles. The highest BCUT2D eigenvalue weighted by Crippen LogP contribution is 2.24. The van der Waals surface area contributed by atoms with Gasteiger partial charge in [0.1, 0.15) is 11.5 Å². The first-order valence-corrected chi connectivity index (χ1v) is 5.25. The van der Waals surface area contributed by atoms with Crippen molar-refractivity contribution in [2.75, 3.05) is 5.73 Å². The van der Waals surface area contributed by atoms with Crippen LogP contribution in [0.1, 0.15) is 36.7 Å². The Bertz CT molecular complexity index is 509. The van der Waals surface area contributed by atoms with E-state index >= 15 is 0 Å². The average molecular weight is 203 g/mol. The maximum Gasteiger partial charge on any atom is 0.139 e. The van der Waals surface area contributed by atoms with Gasteiger partial charge in [-0.15, -0.1) is 0 Å². The van der Waals surface area contributed by atoms with Crippen LogP contribution in [-0.2, 0) is 0 Å². The highest BCUT2D eigenvalue weighted by atomic mass is 15.1. The number of anilines is 1. The lowest BCUT2D eigenvalue weighted by Crippen LogP contribution is -2.00. The zero-order chi connectivity index (χ0) is 11.2. The molecule has 3 heteroatoms. The smallest absolute Gasteiger partial charge is 0.139 e. The molecule has 0 amide bonds. The van der Waals surface area contributed by atoms with Crippen LogP contribution in [0.3, 0.4) is 0 Å². The van der Waals surface area contributed by atoms with Crippen LogP contribution >= 0.6 is 0 Å². The Morgan fingerprint density at radius 2 is 1.93 bits per heavy atom. The van der Waals surface area contributed by atoms with Crippen LogP contribution in [0.15, 0.2) is 12.1 Å². The molecule has 2 rings (SSSR count). The second-order valence-corrected chi connectivity index (χ2v) is 4.40. The third-order valence-corrected chi connectivity index (χ3v) is 2.66. The van der Waals surface area contributed by atoms with E-state index in [1.807, 2.05) is 4.40 Å². The Morgan fingerprint density at radius 3 is 2.53 bits per heavy atom. The van der Waals surface area contributed by atoms with E-state index in [1.54, 1.807) is 0 Å². The molecule has 2 N–H and O–H groups in total. The van der Waals surface area contributed by atoms with Crippen LogP contribution in [0.4, 0.5) is 5.82 Å². The first-order valence-electron chi connectivity index (χ1n) is 5.25. The van der Waals surface area contributed by atoms with Gasteiger partial charge in [0.05, 0.1) is 5.69 Å². The molecule has 2 heterocycles. The first kappa shape index (κ1) is 10.0. The van der Waals surface area contributed by atoms with Crippen LogP contribution in [0.25, 0.3) is 5.65 Å². The van der Waals surface area contributed by atoms with Crippen LogP contribution in [0, 0.1) is 13.8 Å². The molecule has 0 aliphatic carbocycles. The molecule has 0 fully saturated rings. The molecule has 3 nitrogen and oxygen atoms in total. The molecular formula is C12H17N3. The van der Waals surface area contributed by atoms with Gasteiger partial charge in [-0.05, 0) is 37.5 Å². The number of hydrogen-bond donors (Lipinski definition) is 1. The normalized spacial score (nSPS) is 11.5. The number of aryl methyl sites for hydroxylation is 2. The summed E-state index contributed by atoms with van der Waals surface area (Å²) in [5.41, 5.74) is 10.4. The van der Waals surface area contributed by atoms with E-state index in [-0.39, 0.29) is 0 Å². The zero-order valence-electron chi connectivity index (χ0n) is 9.70. The summed E-state index contributed by atoms with van der Waals surface area (Å²) in [6.45, 7) is 8.36. The van der Waals surface area contributed by atoms with Crippen molar-refractivity contribution in [2.24, 2.45) is 0 Å². The summed E-state index contributed by atoms with van der Waals surface area (Å²) in [5, 5.41) is 0. The topological polar surface area (TPSA) is 43.3 Å². The van der Waals surface area contributed by atoms with Gasteiger partial charge in [0, 0.05) is 5.69 Å². The van der Waals surface area contributed by atoms with Crippen molar-refractivity contribution >= 4 is 11.5 Å². The van der Waals surface area contributed by atoms with E-state index in [1.165, 1.54) is 5.56 Å². The molecule has 15 heavy (non-hydrogen) atoms. The monoisotopic (exact) mass is 203 g/mol. The van der Waals surface area contributed by atoms with Crippen molar-refractivity contribution in [2.45, 2.75) is 33.6 Å². The summed E-state index contributed by atoms with van der Waals surface area (Å²) < 4.78 is 2.02. The van der Waals surface area contributed by atoms with Gasteiger partial charge in [0.2, 0.25) is 0 Å². The number of fused-ring (bicyclic) bond motifs is 1. The average Bonchev–Trinajstić information content (AvgIpc) is 2.42. The molecule has 0 bridgehead atoms. The van der Waals surface area contributed by atoms with Gasteiger partial charge in [-0.1, -0.05) is 13.8 Å². The van der Waals surface area contributed by atoms with Gasteiger partial charge in [-0.2, -0.15) is 0 Å². The number of imidazole rings is 1. The fourth-order valence-electron chi connectivity index (χ4n) is 2.00. The number of hydrogen-bond acceptors (Lipinski definition) is 2. The SMILES string of the molecule is Cc1cc(C)n2c(N)c(C(C)C)nc2c1. The Morgan fingerprint density at radius 1 is 1.27 bits per heavy atom. The minimum absolute atomic E-state index is 0.365. The number of nitrogens with two attached hydrogens (primary N) is 1. The fourth-order valence-corrected chi connectivity index (χ4v) is 2.00. The van der Waals surface area contributed by atoms with Crippen molar-refractivity contribution in [1.29, 1.82) is 0 Å². The second kappa shape index (κ2) is 3.26. The Kier molecular flexibility index (Phi) is 2.18. The van der Waals surface area contributed by atoms with Gasteiger partial charge in [-0.3, -0.25) is 4.40 Å². The van der Waals surface area contributed by atoms with Gasteiger partial charge < -0.3 is 5.73 Å². The molecule has 0 radical (unpaired) electrons. The summed E-state index contributed by atoms with van der Waals surface area (Å²) in [7, 11) is 0. The molecule has 2 aromatic heterocycles. The van der Waals surface area contributed by atoms with Crippen LogP contribution < -0.4 is 5.73 Å². The van der Waals surface area contributed by atoms with Crippen molar-refractivity contribution in [3.8, 4) is 0 Å². The molecule has 0 unspecified atom stereocenters. The summed E-state index contributed by atoms with van der Waals surface area (Å²) in [5.74, 6) is 1.14. The van der Waals surface area contributed by atoms with E-state index in [0.717, 1.165) is 22.9 Å². The number of nitrogen functional groups attached to an aromatic ring is 1. The molecule has 80 valence electrons. The summed E-state index contributed by atoms with van der Waals surface area (Å²) in [6.07, 6.45) is 0. The van der Waals surface area contributed by atoms with Gasteiger partial charge >= 0.3 is 0 Å². The van der Waals surface area contributed by atoms with Crippen LogP contribution in [-0.4, -0.2) is 9.38 Å². The Labute approximate surface area is 89.9 Å². The second-order valence-electron chi connectivity index (χ2n) is 4.40. The lowest BCUT2D eigenvalue weighted by Gasteiger charge is -2.04. The van der Waals surface area contributed by atoms with Crippen LogP contribution in [0.5, 0.6) is 0 Å². The zero-order valence-corrected chi connectivity index (χ0v) is 9.70. The van der Waals surface area contributed by atoms with E-state index in [0.29, 0.717) is 5.92 Å². The Balaban J connectivity index is 2.82. The van der Waals surface area contributed by atoms with E-state index in [9.17, 15) is 0 Å². The number of aromatic nitrogens is 2. The fraction of sp³-hybridized carbons (Fsp3) is 0.417. The molecule has 0 saturated carbocycles. The summed E-state index contributed by atoms with van der Waals surface area (Å²) >= 11 is 0. The largest absolute Gasteiger partial charge is 0.383 e. The van der Waals surface area contributed by atoms with Crippen LogP contribution in [0.2, 0.25) is 0 Å². The lowest BCUT2D eigenvalue weighted by molar-refractivity contribution is 0.838. The molecule has 0 atom stereocenters. The standard InChI is InChI=1S/C12H17N3/c1-7(2)11-12(13)15-9(4)5-8(3)6-10(15)14-11/h5-7H,13H2,1-4H3. The highest BCUT2D eigenvalue weighted by Gasteiger charge is 2.13. The summed E-state index contributed by atoms with van der Waals surface area (Å²) in [4.78, 5) is 4.57. The Hall–Kier alpha value is -1.51. The highest BCUT2D eigenvalue weighted by molar-refractivity contribution is 5.56. The predicted molar refractivity (Wildman–Crippen MR) is 63.2 cm³/mol.